The van der Waals surface area contributed by atoms with Gasteiger partial charge in [0.2, 0.25) is 0 Å². The van der Waals surface area contributed by atoms with Gasteiger partial charge >= 0.3 is 0 Å². The predicted molar refractivity (Wildman–Crippen MR) is 93.1 cm³/mol. The van der Waals surface area contributed by atoms with Crippen LogP contribution in [0.5, 0.6) is 0 Å². The summed E-state index contributed by atoms with van der Waals surface area (Å²) in [5.74, 6) is 0. The molecule has 118 valence electrons. The van der Waals surface area contributed by atoms with Crippen LogP contribution in [-0.2, 0) is 6.42 Å². The second-order valence-electron chi connectivity index (χ2n) is 5.68. The first-order valence-electron chi connectivity index (χ1n) is 7.61. The standard InChI is InChI=1S/C18H19N3O2/c1-12-13(2)18(21(22)23)8-7-16(12)19-10-9-14-11-20-17-6-4-3-5-15(14)17/h3-8,11,19-20H,9-10H2,1-2H3. The first-order valence-corrected chi connectivity index (χ1v) is 7.61. The van der Waals surface area contributed by atoms with E-state index in [1.165, 1.54) is 10.9 Å². The maximum Gasteiger partial charge on any atom is 0.272 e. The van der Waals surface area contributed by atoms with Gasteiger partial charge in [-0.2, -0.15) is 0 Å². The molecule has 2 N–H and O–H groups in total. The van der Waals surface area contributed by atoms with Gasteiger partial charge in [-0.25, -0.2) is 0 Å². The number of aromatic nitrogens is 1. The van der Waals surface area contributed by atoms with Crippen LogP contribution in [0, 0.1) is 24.0 Å². The van der Waals surface area contributed by atoms with Crippen LogP contribution in [0.15, 0.2) is 42.6 Å². The maximum absolute atomic E-state index is 11.0. The minimum absolute atomic E-state index is 0.171. The number of nitrogens with one attached hydrogen (secondary N) is 2. The summed E-state index contributed by atoms with van der Waals surface area (Å²) >= 11 is 0. The van der Waals surface area contributed by atoms with Crippen molar-refractivity contribution in [1.29, 1.82) is 0 Å². The Labute approximate surface area is 134 Å². The largest absolute Gasteiger partial charge is 0.384 e. The summed E-state index contributed by atoms with van der Waals surface area (Å²) in [6.45, 7) is 4.48. The summed E-state index contributed by atoms with van der Waals surface area (Å²) in [5, 5.41) is 15.6. The zero-order valence-corrected chi connectivity index (χ0v) is 13.2. The Morgan fingerprint density at radius 2 is 1.91 bits per heavy atom. The van der Waals surface area contributed by atoms with Crippen molar-refractivity contribution >= 4 is 22.3 Å². The van der Waals surface area contributed by atoms with Gasteiger partial charge in [0, 0.05) is 41.0 Å². The molecule has 1 aromatic heterocycles. The van der Waals surface area contributed by atoms with Crippen molar-refractivity contribution in [2.45, 2.75) is 20.3 Å². The van der Waals surface area contributed by atoms with Crippen LogP contribution in [0.2, 0.25) is 0 Å². The van der Waals surface area contributed by atoms with Gasteiger partial charge in [-0.15, -0.1) is 0 Å². The first kappa shape index (κ1) is 15.1. The number of rotatable bonds is 5. The third kappa shape index (κ3) is 2.90. The Bertz CT molecular complexity index is 868. The van der Waals surface area contributed by atoms with Crippen molar-refractivity contribution in [3.8, 4) is 0 Å². The van der Waals surface area contributed by atoms with Crippen LogP contribution in [0.25, 0.3) is 10.9 Å². The van der Waals surface area contributed by atoms with Crippen LogP contribution >= 0.6 is 0 Å². The van der Waals surface area contributed by atoms with Crippen molar-refractivity contribution in [2.24, 2.45) is 0 Å². The summed E-state index contributed by atoms with van der Waals surface area (Å²) < 4.78 is 0. The first-order chi connectivity index (χ1) is 11.1. The van der Waals surface area contributed by atoms with Crippen LogP contribution in [0.4, 0.5) is 11.4 Å². The Morgan fingerprint density at radius 3 is 2.70 bits per heavy atom. The summed E-state index contributed by atoms with van der Waals surface area (Å²) in [7, 11) is 0. The molecule has 0 atom stereocenters. The lowest BCUT2D eigenvalue weighted by molar-refractivity contribution is -0.385. The van der Waals surface area contributed by atoms with E-state index in [-0.39, 0.29) is 10.6 Å². The van der Waals surface area contributed by atoms with Crippen molar-refractivity contribution in [3.63, 3.8) is 0 Å². The zero-order chi connectivity index (χ0) is 16.4. The molecule has 0 aliphatic rings. The summed E-state index contributed by atoms with van der Waals surface area (Å²) in [6, 6.07) is 11.6. The summed E-state index contributed by atoms with van der Waals surface area (Å²) in [5.41, 5.74) is 5.18. The number of H-pyrrole nitrogens is 1. The van der Waals surface area contributed by atoms with Crippen molar-refractivity contribution < 1.29 is 4.92 Å². The van der Waals surface area contributed by atoms with Gasteiger partial charge < -0.3 is 10.3 Å². The monoisotopic (exact) mass is 309 g/mol. The van der Waals surface area contributed by atoms with E-state index in [9.17, 15) is 10.1 Å². The van der Waals surface area contributed by atoms with Crippen LogP contribution in [-0.4, -0.2) is 16.5 Å². The third-order valence-corrected chi connectivity index (χ3v) is 4.34. The summed E-state index contributed by atoms with van der Waals surface area (Å²) in [6.07, 6.45) is 2.93. The molecule has 0 saturated carbocycles. The number of para-hydroxylation sites is 1. The number of nitro benzene ring substituents is 1. The van der Waals surface area contributed by atoms with E-state index in [0.29, 0.717) is 5.56 Å². The molecule has 23 heavy (non-hydrogen) atoms. The third-order valence-electron chi connectivity index (χ3n) is 4.34. The molecular weight excluding hydrogens is 290 g/mol. The highest BCUT2D eigenvalue weighted by atomic mass is 16.6. The molecule has 0 aliphatic carbocycles. The molecule has 3 rings (SSSR count). The number of fused-ring (bicyclic) bond motifs is 1. The molecule has 5 nitrogen and oxygen atoms in total. The van der Waals surface area contributed by atoms with E-state index in [1.807, 2.05) is 25.3 Å². The topological polar surface area (TPSA) is 71.0 Å². The maximum atomic E-state index is 11.0. The molecule has 3 aromatic rings. The molecule has 2 aromatic carbocycles. The molecule has 0 bridgehead atoms. The van der Waals surface area contributed by atoms with Crippen LogP contribution in [0.1, 0.15) is 16.7 Å². The fraction of sp³-hybridized carbons (Fsp3) is 0.222. The number of hydrogen-bond acceptors (Lipinski definition) is 3. The molecule has 0 fully saturated rings. The van der Waals surface area contributed by atoms with E-state index in [1.54, 1.807) is 19.1 Å². The van der Waals surface area contributed by atoms with Gasteiger partial charge in [0.1, 0.15) is 0 Å². The van der Waals surface area contributed by atoms with Gasteiger partial charge in [-0.3, -0.25) is 10.1 Å². The Hall–Kier alpha value is -2.82. The fourth-order valence-corrected chi connectivity index (χ4v) is 2.87. The minimum Gasteiger partial charge on any atom is -0.384 e. The van der Waals surface area contributed by atoms with E-state index < -0.39 is 0 Å². The Morgan fingerprint density at radius 1 is 1.13 bits per heavy atom. The molecule has 0 saturated heterocycles. The molecule has 1 heterocycles. The quantitative estimate of drug-likeness (QED) is 0.544. The predicted octanol–water partition coefficient (Wildman–Crippen LogP) is 4.35. The van der Waals surface area contributed by atoms with Crippen LogP contribution < -0.4 is 5.32 Å². The van der Waals surface area contributed by atoms with Gasteiger partial charge in [-0.05, 0) is 43.5 Å². The SMILES string of the molecule is Cc1c(NCCc2c[nH]c3ccccc23)ccc([N+](=O)[O-])c1C. The highest BCUT2D eigenvalue weighted by Crippen LogP contribution is 2.27. The van der Waals surface area contributed by atoms with Crippen LogP contribution in [0.3, 0.4) is 0 Å². The normalized spacial score (nSPS) is 10.9. The molecule has 0 amide bonds. The second kappa shape index (κ2) is 6.12. The van der Waals surface area contributed by atoms with E-state index in [4.69, 9.17) is 0 Å². The molecule has 0 radical (unpaired) electrons. The van der Waals surface area contributed by atoms with E-state index >= 15 is 0 Å². The molecule has 0 aliphatic heterocycles. The van der Waals surface area contributed by atoms with Gasteiger partial charge in [0.05, 0.1) is 4.92 Å². The van der Waals surface area contributed by atoms with Crippen molar-refractivity contribution in [2.75, 3.05) is 11.9 Å². The molecule has 5 heteroatoms. The number of benzene rings is 2. The van der Waals surface area contributed by atoms with Crippen molar-refractivity contribution in [3.05, 3.63) is 69.4 Å². The van der Waals surface area contributed by atoms with Gasteiger partial charge in [-0.1, -0.05) is 18.2 Å². The molecular formula is C18H19N3O2. The van der Waals surface area contributed by atoms with E-state index in [2.05, 4.69) is 22.4 Å². The fourth-order valence-electron chi connectivity index (χ4n) is 2.87. The zero-order valence-electron chi connectivity index (χ0n) is 13.2. The lowest BCUT2D eigenvalue weighted by Gasteiger charge is -2.11. The number of nitrogens with zero attached hydrogens (tertiary/aromatic N) is 1. The highest BCUT2D eigenvalue weighted by Gasteiger charge is 2.14. The smallest absolute Gasteiger partial charge is 0.272 e. The lowest BCUT2D eigenvalue weighted by Crippen LogP contribution is -2.07. The summed E-state index contributed by atoms with van der Waals surface area (Å²) in [4.78, 5) is 13.9. The second-order valence-corrected chi connectivity index (χ2v) is 5.68. The average Bonchev–Trinajstić information content (AvgIpc) is 2.94. The van der Waals surface area contributed by atoms with Crippen molar-refractivity contribution in [1.82, 2.24) is 4.98 Å². The number of hydrogen-bond donors (Lipinski definition) is 2. The average molecular weight is 309 g/mol. The molecule has 0 unspecified atom stereocenters. The lowest BCUT2D eigenvalue weighted by atomic mass is 10.1. The van der Waals surface area contributed by atoms with E-state index in [0.717, 1.165) is 29.7 Å². The van der Waals surface area contributed by atoms with Gasteiger partial charge in [0.15, 0.2) is 0 Å². The van der Waals surface area contributed by atoms with Gasteiger partial charge in [0.25, 0.3) is 5.69 Å². The number of anilines is 1. The Kier molecular flexibility index (Phi) is 4.02. The minimum atomic E-state index is -0.335. The Balaban J connectivity index is 1.72. The number of aromatic amines is 1. The molecule has 0 spiro atoms. The highest BCUT2D eigenvalue weighted by molar-refractivity contribution is 5.83. The number of nitro groups is 1.